The van der Waals surface area contributed by atoms with Crippen LogP contribution < -0.4 is 5.73 Å². The first-order valence-corrected chi connectivity index (χ1v) is 6.47. The van der Waals surface area contributed by atoms with Crippen LogP contribution in [-0.4, -0.2) is 0 Å². The van der Waals surface area contributed by atoms with Crippen molar-refractivity contribution in [1.29, 1.82) is 0 Å². The van der Waals surface area contributed by atoms with Crippen molar-refractivity contribution in [3.63, 3.8) is 0 Å². The molecule has 2 heteroatoms. The van der Waals surface area contributed by atoms with Crippen LogP contribution in [0.4, 0.5) is 10.1 Å². The Kier molecular flexibility index (Phi) is 3.36. The number of anilines is 1. The molecule has 1 nitrogen and oxygen atoms in total. The van der Waals surface area contributed by atoms with Gasteiger partial charge in [0, 0.05) is 11.3 Å². The van der Waals surface area contributed by atoms with Crippen LogP contribution >= 0.6 is 0 Å². The monoisotopic (exact) mass is 257 g/mol. The summed E-state index contributed by atoms with van der Waals surface area (Å²) in [7, 11) is 0. The fraction of sp³-hybridized carbons (Fsp3) is 0.294. The Hall–Kier alpha value is -1.83. The number of nitrogen functional groups attached to an aromatic ring is 1. The van der Waals surface area contributed by atoms with E-state index in [0.717, 1.165) is 11.1 Å². The van der Waals surface area contributed by atoms with E-state index in [1.807, 2.05) is 0 Å². The van der Waals surface area contributed by atoms with E-state index in [0.29, 0.717) is 5.69 Å². The zero-order valence-corrected chi connectivity index (χ0v) is 12.2. The molecule has 0 fully saturated rings. The summed E-state index contributed by atoms with van der Waals surface area (Å²) in [6.07, 6.45) is 0. The van der Waals surface area contributed by atoms with E-state index in [2.05, 4.69) is 34.6 Å². The zero-order chi connectivity index (χ0) is 14.3. The molecule has 0 unspecified atom stereocenters. The second kappa shape index (κ2) is 4.69. The summed E-state index contributed by atoms with van der Waals surface area (Å²) in [6.45, 7) is 10.6. The van der Waals surface area contributed by atoms with Crippen molar-refractivity contribution < 1.29 is 4.39 Å². The maximum absolute atomic E-state index is 13.2. The normalized spacial score (nSPS) is 10.8. The van der Waals surface area contributed by atoms with Gasteiger partial charge in [0.1, 0.15) is 5.82 Å². The molecule has 0 atom stereocenters. The van der Waals surface area contributed by atoms with Crippen molar-refractivity contribution in [3.05, 3.63) is 51.8 Å². The van der Waals surface area contributed by atoms with E-state index < -0.39 is 0 Å². The van der Waals surface area contributed by atoms with Crippen LogP contribution in [0.2, 0.25) is 0 Å². The average Bonchev–Trinajstić information content (AvgIpc) is 2.37. The first kappa shape index (κ1) is 13.6. The first-order chi connectivity index (χ1) is 8.84. The second-order valence-corrected chi connectivity index (χ2v) is 5.23. The maximum atomic E-state index is 13.2. The van der Waals surface area contributed by atoms with Gasteiger partial charge in [0.15, 0.2) is 0 Å². The van der Waals surface area contributed by atoms with Crippen molar-refractivity contribution >= 4 is 5.69 Å². The molecule has 0 aliphatic carbocycles. The van der Waals surface area contributed by atoms with Gasteiger partial charge < -0.3 is 5.73 Å². The van der Waals surface area contributed by atoms with Crippen LogP contribution in [0.1, 0.15) is 27.8 Å². The van der Waals surface area contributed by atoms with E-state index in [4.69, 9.17) is 5.73 Å². The standard InChI is InChI=1S/C17H20FN/c1-9-10(2)12(4)17(13(5)11(9)3)15-7-6-14(18)8-16(15)19/h6-8H,19H2,1-5H3. The lowest BCUT2D eigenvalue weighted by Gasteiger charge is -2.20. The lowest BCUT2D eigenvalue weighted by atomic mass is 9.86. The SMILES string of the molecule is Cc1c(C)c(C)c(-c2ccc(F)cc2N)c(C)c1C. The third-order valence-corrected chi connectivity index (χ3v) is 4.28. The largest absolute Gasteiger partial charge is 0.398 e. The summed E-state index contributed by atoms with van der Waals surface area (Å²) in [4.78, 5) is 0. The number of hydrogen-bond acceptors (Lipinski definition) is 1. The summed E-state index contributed by atoms with van der Waals surface area (Å²) in [6, 6.07) is 4.63. The van der Waals surface area contributed by atoms with Gasteiger partial charge >= 0.3 is 0 Å². The van der Waals surface area contributed by atoms with E-state index in [9.17, 15) is 4.39 Å². The predicted molar refractivity (Wildman–Crippen MR) is 79.9 cm³/mol. The third kappa shape index (κ3) is 2.12. The number of nitrogens with two attached hydrogens (primary N) is 1. The molecule has 0 bridgehead atoms. The molecule has 2 aromatic rings. The molecular weight excluding hydrogens is 237 g/mol. The number of halogens is 1. The van der Waals surface area contributed by atoms with Gasteiger partial charge in [0.05, 0.1) is 0 Å². The summed E-state index contributed by atoms with van der Waals surface area (Å²) in [5.41, 5.74) is 14.9. The van der Waals surface area contributed by atoms with Gasteiger partial charge in [-0.15, -0.1) is 0 Å². The molecule has 2 N–H and O–H groups in total. The van der Waals surface area contributed by atoms with Crippen molar-refractivity contribution in [2.45, 2.75) is 34.6 Å². The van der Waals surface area contributed by atoms with Crippen molar-refractivity contribution in [2.24, 2.45) is 0 Å². The van der Waals surface area contributed by atoms with Gasteiger partial charge in [-0.2, -0.15) is 0 Å². The van der Waals surface area contributed by atoms with Gasteiger partial charge in [-0.05, 0) is 86.2 Å². The zero-order valence-electron chi connectivity index (χ0n) is 12.2. The van der Waals surface area contributed by atoms with Crippen LogP contribution in [0, 0.1) is 40.4 Å². The Morgan fingerprint density at radius 3 is 1.74 bits per heavy atom. The van der Waals surface area contributed by atoms with Gasteiger partial charge in [-0.1, -0.05) is 0 Å². The molecule has 0 saturated carbocycles. The van der Waals surface area contributed by atoms with Gasteiger partial charge in [-0.25, -0.2) is 4.39 Å². The summed E-state index contributed by atoms with van der Waals surface area (Å²) >= 11 is 0. The molecule has 0 heterocycles. The maximum Gasteiger partial charge on any atom is 0.125 e. The Labute approximate surface area is 114 Å². The molecule has 0 aromatic heterocycles. The van der Waals surface area contributed by atoms with Gasteiger partial charge in [-0.3, -0.25) is 0 Å². The van der Waals surface area contributed by atoms with Crippen molar-refractivity contribution in [2.75, 3.05) is 5.73 Å². The lowest BCUT2D eigenvalue weighted by molar-refractivity contribution is 0.628. The van der Waals surface area contributed by atoms with E-state index in [1.165, 1.54) is 39.9 Å². The molecule has 0 saturated heterocycles. The molecule has 0 aliphatic rings. The smallest absolute Gasteiger partial charge is 0.125 e. The molecule has 2 aromatic carbocycles. The molecule has 100 valence electrons. The highest BCUT2D eigenvalue weighted by atomic mass is 19.1. The molecule has 0 spiro atoms. The highest BCUT2D eigenvalue weighted by Crippen LogP contribution is 2.36. The molecule has 0 radical (unpaired) electrons. The Balaban J connectivity index is 2.83. The minimum Gasteiger partial charge on any atom is -0.398 e. The lowest BCUT2D eigenvalue weighted by Crippen LogP contribution is -2.01. The topological polar surface area (TPSA) is 26.0 Å². The van der Waals surface area contributed by atoms with Gasteiger partial charge in [0.2, 0.25) is 0 Å². The van der Waals surface area contributed by atoms with E-state index in [1.54, 1.807) is 6.07 Å². The Morgan fingerprint density at radius 1 is 0.789 bits per heavy atom. The van der Waals surface area contributed by atoms with Crippen LogP contribution in [0.3, 0.4) is 0 Å². The van der Waals surface area contributed by atoms with E-state index in [-0.39, 0.29) is 5.82 Å². The first-order valence-electron chi connectivity index (χ1n) is 6.47. The van der Waals surface area contributed by atoms with Crippen molar-refractivity contribution in [3.8, 4) is 11.1 Å². The fourth-order valence-electron chi connectivity index (χ4n) is 2.67. The minimum atomic E-state index is -0.294. The Morgan fingerprint density at radius 2 is 1.26 bits per heavy atom. The highest BCUT2D eigenvalue weighted by Gasteiger charge is 2.15. The number of rotatable bonds is 1. The summed E-state index contributed by atoms with van der Waals surface area (Å²) in [5.74, 6) is -0.294. The fourth-order valence-corrected chi connectivity index (χ4v) is 2.67. The highest BCUT2D eigenvalue weighted by molar-refractivity contribution is 5.82. The van der Waals surface area contributed by atoms with Crippen LogP contribution in [-0.2, 0) is 0 Å². The van der Waals surface area contributed by atoms with Gasteiger partial charge in [0.25, 0.3) is 0 Å². The molecule has 2 rings (SSSR count). The number of hydrogen-bond donors (Lipinski definition) is 1. The molecular formula is C17H20FN. The van der Waals surface area contributed by atoms with Crippen LogP contribution in [0.5, 0.6) is 0 Å². The van der Waals surface area contributed by atoms with E-state index >= 15 is 0 Å². The summed E-state index contributed by atoms with van der Waals surface area (Å²) in [5, 5.41) is 0. The molecule has 0 aliphatic heterocycles. The second-order valence-electron chi connectivity index (χ2n) is 5.23. The molecule has 19 heavy (non-hydrogen) atoms. The van der Waals surface area contributed by atoms with Crippen molar-refractivity contribution in [1.82, 2.24) is 0 Å². The Bertz CT molecular complexity index is 628. The quantitative estimate of drug-likeness (QED) is 0.741. The minimum absolute atomic E-state index is 0.294. The summed E-state index contributed by atoms with van der Waals surface area (Å²) < 4.78 is 13.2. The van der Waals surface area contributed by atoms with Crippen LogP contribution in [0.25, 0.3) is 11.1 Å². The van der Waals surface area contributed by atoms with Crippen LogP contribution in [0.15, 0.2) is 18.2 Å². The average molecular weight is 257 g/mol. The predicted octanol–water partition coefficient (Wildman–Crippen LogP) is 4.62. The molecule has 0 amide bonds. The number of benzene rings is 2. The third-order valence-electron chi connectivity index (χ3n) is 4.28.